The van der Waals surface area contributed by atoms with Gasteiger partial charge < -0.3 is 29.4 Å². The normalized spacial score (nSPS) is 14.3. The Hall–Kier alpha value is -4.64. The van der Waals surface area contributed by atoms with E-state index in [0.29, 0.717) is 34.1 Å². The van der Waals surface area contributed by atoms with Gasteiger partial charge in [0.15, 0.2) is 18.1 Å². The van der Waals surface area contributed by atoms with Gasteiger partial charge in [-0.2, -0.15) is 5.26 Å². The number of hydrogen-bond donors (Lipinski definition) is 1. The molecule has 1 aliphatic rings. The molecule has 8 nitrogen and oxygen atoms in total. The molecule has 0 saturated carbocycles. The van der Waals surface area contributed by atoms with Crippen LogP contribution in [0.3, 0.4) is 0 Å². The monoisotopic (exact) mass is 472 g/mol. The van der Waals surface area contributed by atoms with Crippen LogP contribution in [0.2, 0.25) is 0 Å². The van der Waals surface area contributed by atoms with E-state index in [4.69, 9.17) is 29.4 Å². The third-order valence-corrected chi connectivity index (χ3v) is 5.61. The highest BCUT2D eigenvalue weighted by molar-refractivity contribution is 5.74. The van der Waals surface area contributed by atoms with Crippen molar-refractivity contribution in [3.8, 4) is 34.8 Å². The largest absolute Gasteiger partial charge is 0.493 e. The van der Waals surface area contributed by atoms with E-state index >= 15 is 0 Å². The van der Waals surface area contributed by atoms with Crippen molar-refractivity contribution in [2.75, 3.05) is 20.8 Å². The molecule has 0 amide bonds. The van der Waals surface area contributed by atoms with E-state index < -0.39 is 11.9 Å². The number of hydrogen-bond acceptors (Lipinski definition) is 8. The average Bonchev–Trinajstić information content (AvgIpc) is 2.86. The molecule has 1 heterocycles. The quantitative estimate of drug-likeness (QED) is 0.402. The van der Waals surface area contributed by atoms with Crippen molar-refractivity contribution in [3.63, 3.8) is 0 Å². The second kappa shape index (κ2) is 10.1. The maximum Gasteiger partial charge on any atom is 0.349 e. The molecule has 2 N–H and O–H groups in total. The molecule has 1 unspecified atom stereocenters. The molecule has 0 aromatic heterocycles. The van der Waals surface area contributed by atoms with Gasteiger partial charge in [-0.1, -0.05) is 36.4 Å². The Morgan fingerprint density at radius 2 is 1.80 bits per heavy atom. The molecule has 4 rings (SSSR count). The van der Waals surface area contributed by atoms with E-state index in [1.54, 1.807) is 37.4 Å². The third kappa shape index (κ3) is 4.70. The van der Waals surface area contributed by atoms with Crippen LogP contribution in [0.5, 0.6) is 28.7 Å². The van der Waals surface area contributed by atoms with Gasteiger partial charge in [-0.15, -0.1) is 0 Å². The van der Waals surface area contributed by atoms with Crippen LogP contribution in [0.1, 0.15) is 22.6 Å². The Balaban J connectivity index is 1.62. The number of methoxy groups -OCH3 is 2. The fourth-order valence-electron chi connectivity index (χ4n) is 3.97. The summed E-state index contributed by atoms with van der Waals surface area (Å²) in [7, 11) is 3.07. The van der Waals surface area contributed by atoms with Crippen molar-refractivity contribution in [2.24, 2.45) is 5.73 Å². The van der Waals surface area contributed by atoms with Crippen molar-refractivity contribution >= 4 is 5.97 Å². The Kier molecular flexibility index (Phi) is 6.78. The standard InChI is InChI=1S/C27H24N2O6/c1-16-7-4-5-9-21(16)33-15-24(30)34-17-11-12-18-23(13-17)35-27(29)20(14-28)25(18)19-8-6-10-22(31-2)26(19)32-3/h4-13,25H,15,29H2,1-3H3. The number of para-hydroxylation sites is 2. The molecule has 35 heavy (non-hydrogen) atoms. The lowest BCUT2D eigenvalue weighted by Gasteiger charge is -2.28. The van der Waals surface area contributed by atoms with Crippen LogP contribution in [-0.2, 0) is 4.79 Å². The van der Waals surface area contributed by atoms with E-state index in [2.05, 4.69) is 6.07 Å². The molecular weight excluding hydrogens is 448 g/mol. The summed E-state index contributed by atoms with van der Waals surface area (Å²) in [5, 5.41) is 9.83. The number of carbonyl (C=O) groups is 1. The topological polar surface area (TPSA) is 113 Å². The van der Waals surface area contributed by atoms with Gasteiger partial charge in [0.2, 0.25) is 5.88 Å². The zero-order valence-corrected chi connectivity index (χ0v) is 19.5. The highest BCUT2D eigenvalue weighted by Crippen LogP contribution is 2.47. The molecule has 0 aliphatic carbocycles. The van der Waals surface area contributed by atoms with Crippen molar-refractivity contribution in [2.45, 2.75) is 12.8 Å². The zero-order valence-electron chi connectivity index (χ0n) is 19.5. The lowest BCUT2D eigenvalue weighted by molar-refractivity contribution is -0.136. The second-order valence-corrected chi connectivity index (χ2v) is 7.74. The smallest absolute Gasteiger partial charge is 0.349 e. The number of nitriles is 1. The maximum atomic E-state index is 12.4. The number of benzene rings is 3. The average molecular weight is 472 g/mol. The maximum absolute atomic E-state index is 12.4. The summed E-state index contributed by atoms with van der Waals surface area (Å²) in [5.41, 5.74) is 8.61. The summed E-state index contributed by atoms with van der Waals surface area (Å²) in [5.74, 6) is 1.05. The van der Waals surface area contributed by atoms with E-state index in [-0.39, 0.29) is 23.8 Å². The van der Waals surface area contributed by atoms with Crippen LogP contribution in [0.4, 0.5) is 0 Å². The molecule has 8 heteroatoms. The molecular formula is C27H24N2O6. The number of allylic oxidation sites excluding steroid dienone is 1. The van der Waals surface area contributed by atoms with Crippen molar-refractivity contribution < 1.29 is 28.5 Å². The summed E-state index contributed by atoms with van der Waals surface area (Å²) in [6.45, 7) is 1.63. The second-order valence-electron chi connectivity index (χ2n) is 7.74. The molecule has 0 fully saturated rings. The van der Waals surface area contributed by atoms with Gasteiger partial charge in [0.25, 0.3) is 0 Å². The SMILES string of the molecule is COc1cccc(C2C(C#N)=C(N)Oc3cc(OC(=O)COc4ccccc4C)ccc32)c1OC. The minimum absolute atomic E-state index is 0.0405. The summed E-state index contributed by atoms with van der Waals surface area (Å²) in [4.78, 5) is 12.4. The minimum atomic E-state index is -0.573. The minimum Gasteiger partial charge on any atom is -0.493 e. The van der Waals surface area contributed by atoms with E-state index in [0.717, 1.165) is 5.56 Å². The predicted molar refractivity (Wildman–Crippen MR) is 128 cm³/mol. The Labute approximate surface area is 203 Å². The summed E-state index contributed by atoms with van der Waals surface area (Å²) < 4.78 is 27.7. The lowest BCUT2D eigenvalue weighted by Crippen LogP contribution is -2.22. The van der Waals surface area contributed by atoms with Crippen LogP contribution >= 0.6 is 0 Å². The number of rotatable bonds is 7. The first-order chi connectivity index (χ1) is 17.0. The lowest BCUT2D eigenvalue weighted by atomic mass is 9.83. The van der Waals surface area contributed by atoms with Crippen molar-refractivity contribution in [3.05, 3.63) is 88.8 Å². The summed E-state index contributed by atoms with van der Waals surface area (Å²) in [6.07, 6.45) is 0. The zero-order chi connectivity index (χ0) is 24.9. The van der Waals surface area contributed by atoms with E-state index in [1.165, 1.54) is 7.11 Å². The van der Waals surface area contributed by atoms with Gasteiger partial charge in [-0.05, 0) is 30.7 Å². The Morgan fingerprint density at radius 1 is 1.03 bits per heavy atom. The number of carbonyl (C=O) groups excluding carboxylic acids is 1. The number of esters is 1. The van der Waals surface area contributed by atoms with E-state index in [9.17, 15) is 10.1 Å². The molecule has 178 valence electrons. The Bertz CT molecular complexity index is 1340. The van der Waals surface area contributed by atoms with Crippen LogP contribution in [0, 0.1) is 18.3 Å². The van der Waals surface area contributed by atoms with Crippen LogP contribution in [0.25, 0.3) is 0 Å². The highest BCUT2D eigenvalue weighted by Gasteiger charge is 2.33. The van der Waals surface area contributed by atoms with Gasteiger partial charge in [0, 0.05) is 17.2 Å². The molecule has 0 radical (unpaired) electrons. The molecule has 3 aromatic rings. The van der Waals surface area contributed by atoms with Gasteiger partial charge in [-0.3, -0.25) is 0 Å². The van der Waals surface area contributed by atoms with Gasteiger partial charge in [-0.25, -0.2) is 4.79 Å². The van der Waals surface area contributed by atoms with Gasteiger partial charge in [0.05, 0.1) is 20.1 Å². The van der Waals surface area contributed by atoms with Crippen LogP contribution < -0.4 is 29.4 Å². The molecule has 1 atom stereocenters. The predicted octanol–water partition coefficient (Wildman–Crippen LogP) is 4.21. The van der Waals surface area contributed by atoms with Gasteiger partial charge >= 0.3 is 5.97 Å². The first-order valence-electron chi connectivity index (χ1n) is 10.8. The first-order valence-corrected chi connectivity index (χ1v) is 10.8. The Morgan fingerprint density at radius 3 is 2.51 bits per heavy atom. The fourth-order valence-corrected chi connectivity index (χ4v) is 3.97. The van der Waals surface area contributed by atoms with E-state index in [1.807, 2.05) is 37.3 Å². The molecule has 0 saturated heterocycles. The first kappa shape index (κ1) is 23.5. The molecule has 1 aliphatic heterocycles. The van der Waals surface area contributed by atoms with Crippen molar-refractivity contribution in [1.82, 2.24) is 0 Å². The number of aryl methyl sites for hydroxylation is 1. The fraction of sp³-hybridized carbons (Fsp3) is 0.185. The van der Waals surface area contributed by atoms with Crippen LogP contribution in [-0.4, -0.2) is 26.8 Å². The number of nitrogens with zero attached hydrogens (tertiary/aromatic N) is 1. The highest BCUT2D eigenvalue weighted by atomic mass is 16.6. The third-order valence-electron chi connectivity index (χ3n) is 5.61. The summed E-state index contributed by atoms with van der Waals surface area (Å²) in [6, 6.07) is 19.9. The van der Waals surface area contributed by atoms with Crippen LogP contribution in [0.15, 0.2) is 72.1 Å². The number of fused-ring (bicyclic) bond motifs is 1. The number of nitrogens with two attached hydrogens (primary N) is 1. The molecule has 3 aromatic carbocycles. The summed E-state index contributed by atoms with van der Waals surface area (Å²) >= 11 is 0. The molecule has 0 bridgehead atoms. The van der Waals surface area contributed by atoms with Gasteiger partial charge in [0.1, 0.15) is 28.9 Å². The van der Waals surface area contributed by atoms with Crippen molar-refractivity contribution in [1.29, 1.82) is 5.26 Å². The number of ether oxygens (including phenoxy) is 5. The molecule has 0 spiro atoms.